The van der Waals surface area contributed by atoms with Gasteiger partial charge in [0.1, 0.15) is 36.3 Å². The lowest BCUT2D eigenvalue weighted by Gasteiger charge is -2.32. The Kier molecular flexibility index (Phi) is 14.3. The highest BCUT2D eigenvalue weighted by atomic mass is 16.4. The predicted molar refractivity (Wildman–Crippen MR) is 186 cm³/mol. The molecule has 3 saturated heterocycles. The van der Waals surface area contributed by atoms with Crippen molar-refractivity contribution in [3.8, 4) is 0 Å². The van der Waals surface area contributed by atoms with Crippen molar-refractivity contribution in [1.82, 2.24) is 46.4 Å². The van der Waals surface area contributed by atoms with Gasteiger partial charge in [-0.1, -0.05) is 13.8 Å². The minimum absolute atomic E-state index is 0.0626. The molecule has 3 fully saturated rings. The molecule has 292 valence electrons. The Balaban J connectivity index is 1.45. The Hall–Kier alpha value is -5.07. The first kappa shape index (κ1) is 40.7. The second-order valence-electron chi connectivity index (χ2n) is 14.3. The minimum atomic E-state index is -1.63. The number of imidazole rings is 1. The molecule has 7 atom stereocenters. The molecule has 1 aromatic heterocycles. The number of carboxylic acid groups (broad SMARTS) is 2. The lowest BCUT2D eigenvalue weighted by molar-refractivity contribution is -0.148. The smallest absolute Gasteiger partial charge is 0.325 e. The second kappa shape index (κ2) is 18.6. The van der Waals surface area contributed by atoms with E-state index >= 15 is 0 Å². The van der Waals surface area contributed by atoms with Gasteiger partial charge in [0.05, 0.1) is 18.8 Å². The summed E-state index contributed by atoms with van der Waals surface area (Å²) in [4.78, 5) is 114. The van der Waals surface area contributed by atoms with E-state index in [0.717, 1.165) is 13.0 Å². The van der Waals surface area contributed by atoms with Crippen LogP contribution in [0.15, 0.2) is 12.5 Å². The van der Waals surface area contributed by atoms with Gasteiger partial charge in [-0.3, -0.25) is 38.4 Å². The van der Waals surface area contributed by atoms with E-state index in [-0.39, 0.29) is 49.6 Å². The number of likely N-dealkylation sites (tertiary alicyclic amines) is 2. The summed E-state index contributed by atoms with van der Waals surface area (Å²) in [5.74, 6) is -6.68. The molecule has 0 spiro atoms. The van der Waals surface area contributed by atoms with Crippen LogP contribution in [0.5, 0.6) is 0 Å². The highest BCUT2D eigenvalue weighted by Crippen LogP contribution is 2.26. The molecule has 0 saturated carbocycles. The zero-order valence-electron chi connectivity index (χ0n) is 30.3. The van der Waals surface area contributed by atoms with Crippen molar-refractivity contribution >= 4 is 47.4 Å². The number of aromatic amines is 1. The summed E-state index contributed by atoms with van der Waals surface area (Å²) in [6.07, 6.45) is 5.33. The van der Waals surface area contributed by atoms with E-state index in [1.807, 2.05) is 0 Å². The first-order valence-electron chi connectivity index (χ1n) is 18.1. The van der Waals surface area contributed by atoms with Crippen LogP contribution in [0.3, 0.4) is 0 Å². The molecule has 0 aliphatic carbocycles. The van der Waals surface area contributed by atoms with Crippen LogP contribution in [0.4, 0.5) is 0 Å². The average Bonchev–Trinajstić information content (AvgIpc) is 3.94. The van der Waals surface area contributed by atoms with Crippen molar-refractivity contribution in [3.05, 3.63) is 18.2 Å². The standard InChI is InChI=1S/C34H51N9O10/c1-18(2)13-22(29(47)40-23(14-20-16-35-17-37-20)28(46)38-19(3)34(52)53)39-30(48)24(15-27(44)45)41-31(49)25-8-5-11-42(25)33(51)26-9-6-12-43(26)32(50)21-7-4-10-36-21/h16-19,21-26,36H,4-15H2,1-3H3,(H,35,37)(H,38,46)(H,39,48)(H,40,47)(H,41,49)(H,44,45)(H,52,53)/t19-,21-,22-,23-,24-,25-,26-/m0/s1. The summed E-state index contributed by atoms with van der Waals surface area (Å²) in [5.41, 5.74) is 0.458. The van der Waals surface area contributed by atoms with Crippen molar-refractivity contribution in [2.45, 2.75) is 121 Å². The van der Waals surface area contributed by atoms with Gasteiger partial charge in [0.15, 0.2) is 0 Å². The van der Waals surface area contributed by atoms with Crippen molar-refractivity contribution in [1.29, 1.82) is 0 Å². The van der Waals surface area contributed by atoms with Crippen molar-refractivity contribution in [3.63, 3.8) is 0 Å². The lowest BCUT2D eigenvalue weighted by atomic mass is 10.0. The molecule has 19 heteroatoms. The molecule has 4 rings (SSSR count). The van der Waals surface area contributed by atoms with E-state index in [1.54, 1.807) is 18.7 Å². The number of nitrogens with zero attached hydrogens (tertiary/aromatic N) is 3. The van der Waals surface area contributed by atoms with Gasteiger partial charge in [-0.25, -0.2) is 4.98 Å². The van der Waals surface area contributed by atoms with Crippen molar-refractivity contribution in [2.75, 3.05) is 19.6 Å². The monoisotopic (exact) mass is 745 g/mol. The number of aliphatic carboxylic acids is 2. The van der Waals surface area contributed by atoms with E-state index in [4.69, 9.17) is 0 Å². The SMILES string of the molecule is CC(C)C[C@H](NC(=O)[C@H](CC(=O)O)NC(=O)[C@@H]1CCCN1C(=O)[C@@H]1CCCN1C(=O)[C@@H]1CCCN1)C(=O)N[C@@H](Cc1cnc[nH]1)C(=O)N[C@@H](C)C(=O)O. The third kappa shape index (κ3) is 11.0. The van der Waals surface area contributed by atoms with Crippen LogP contribution in [0, 0.1) is 5.92 Å². The van der Waals surface area contributed by atoms with E-state index < -0.39 is 78.2 Å². The summed E-state index contributed by atoms with van der Waals surface area (Å²) in [6.45, 7) is 6.22. The predicted octanol–water partition coefficient (Wildman–Crippen LogP) is -1.75. The molecule has 0 radical (unpaired) electrons. The molecule has 53 heavy (non-hydrogen) atoms. The molecular formula is C34H51N9O10. The summed E-state index contributed by atoms with van der Waals surface area (Å²) in [6, 6.07) is -7.53. The highest BCUT2D eigenvalue weighted by Gasteiger charge is 2.44. The number of amides is 6. The lowest BCUT2D eigenvalue weighted by Crippen LogP contribution is -2.60. The molecule has 3 aliphatic rings. The molecule has 1 aromatic rings. The highest BCUT2D eigenvalue weighted by molar-refractivity contribution is 5.98. The fourth-order valence-electron chi connectivity index (χ4n) is 6.98. The number of carbonyl (C=O) groups is 8. The zero-order chi connectivity index (χ0) is 38.8. The van der Waals surface area contributed by atoms with Gasteiger partial charge in [0.25, 0.3) is 0 Å². The molecule has 6 amide bonds. The fourth-order valence-corrected chi connectivity index (χ4v) is 6.98. The van der Waals surface area contributed by atoms with Gasteiger partial charge < -0.3 is 51.6 Å². The number of rotatable bonds is 17. The molecule has 4 heterocycles. The van der Waals surface area contributed by atoms with Crippen LogP contribution in [0.25, 0.3) is 0 Å². The maximum absolute atomic E-state index is 13.8. The Bertz CT molecular complexity index is 1510. The first-order valence-corrected chi connectivity index (χ1v) is 18.1. The van der Waals surface area contributed by atoms with Gasteiger partial charge in [-0.2, -0.15) is 0 Å². The largest absolute Gasteiger partial charge is 0.481 e. The van der Waals surface area contributed by atoms with Gasteiger partial charge in [-0.15, -0.1) is 0 Å². The summed E-state index contributed by atoms with van der Waals surface area (Å²) >= 11 is 0. The average molecular weight is 746 g/mol. The maximum Gasteiger partial charge on any atom is 0.325 e. The van der Waals surface area contributed by atoms with E-state index in [0.29, 0.717) is 37.9 Å². The number of aromatic nitrogens is 2. The molecule has 0 bridgehead atoms. The Morgan fingerprint density at radius 3 is 2.00 bits per heavy atom. The summed E-state index contributed by atoms with van der Waals surface area (Å²) in [5, 5.41) is 32.0. The zero-order valence-corrected chi connectivity index (χ0v) is 30.3. The number of carboxylic acids is 2. The van der Waals surface area contributed by atoms with E-state index in [2.05, 4.69) is 36.6 Å². The van der Waals surface area contributed by atoms with Gasteiger partial charge in [0.2, 0.25) is 35.4 Å². The van der Waals surface area contributed by atoms with Crippen LogP contribution >= 0.6 is 0 Å². The van der Waals surface area contributed by atoms with E-state index in [1.165, 1.54) is 24.3 Å². The van der Waals surface area contributed by atoms with E-state index in [9.17, 15) is 48.6 Å². The molecule has 8 N–H and O–H groups in total. The number of hydrogen-bond donors (Lipinski definition) is 8. The second-order valence-corrected chi connectivity index (χ2v) is 14.3. The normalized spacial score (nSPS) is 22.1. The Morgan fingerprint density at radius 1 is 0.792 bits per heavy atom. The van der Waals surface area contributed by atoms with Crippen LogP contribution in [-0.4, -0.2) is 139 Å². The van der Waals surface area contributed by atoms with Crippen LogP contribution in [0.2, 0.25) is 0 Å². The van der Waals surface area contributed by atoms with Crippen LogP contribution < -0.4 is 26.6 Å². The molecule has 3 aliphatic heterocycles. The maximum atomic E-state index is 13.8. The first-order chi connectivity index (χ1) is 25.2. The molecular weight excluding hydrogens is 694 g/mol. The quantitative estimate of drug-likeness (QED) is 0.0882. The number of nitrogens with one attached hydrogen (secondary N) is 6. The third-order valence-electron chi connectivity index (χ3n) is 9.71. The van der Waals surface area contributed by atoms with Gasteiger partial charge in [0, 0.05) is 31.4 Å². The number of hydrogen-bond acceptors (Lipinski definition) is 10. The van der Waals surface area contributed by atoms with Crippen LogP contribution in [0.1, 0.15) is 77.8 Å². The summed E-state index contributed by atoms with van der Waals surface area (Å²) in [7, 11) is 0. The Morgan fingerprint density at radius 2 is 1.42 bits per heavy atom. The molecule has 0 unspecified atom stereocenters. The minimum Gasteiger partial charge on any atom is -0.481 e. The fraction of sp³-hybridized carbons (Fsp3) is 0.676. The molecule has 0 aromatic carbocycles. The van der Waals surface area contributed by atoms with Crippen molar-refractivity contribution in [2.24, 2.45) is 5.92 Å². The third-order valence-corrected chi connectivity index (χ3v) is 9.71. The number of H-pyrrole nitrogens is 1. The Labute approximate surface area is 306 Å². The van der Waals surface area contributed by atoms with Gasteiger partial charge in [-0.05, 0) is 64.3 Å². The number of carbonyl (C=O) groups excluding carboxylic acids is 6. The van der Waals surface area contributed by atoms with Crippen LogP contribution in [-0.2, 0) is 44.8 Å². The van der Waals surface area contributed by atoms with Gasteiger partial charge >= 0.3 is 11.9 Å². The topological polar surface area (TPSA) is 272 Å². The van der Waals surface area contributed by atoms with Crippen molar-refractivity contribution < 1.29 is 48.6 Å². The molecule has 19 nitrogen and oxygen atoms in total. The summed E-state index contributed by atoms with van der Waals surface area (Å²) < 4.78 is 0.